The smallest absolute Gasteiger partial charge is 0.239 e. The predicted octanol–water partition coefficient (Wildman–Crippen LogP) is 0.903. The van der Waals surface area contributed by atoms with Crippen molar-refractivity contribution in [1.82, 2.24) is 5.32 Å². The molecule has 1 aromatic carbocycles. The van der Waals surface area contributed by atoms with Gasteiger partial charge < -0.3 is 16.0 Å². The molecule has 1 fully saturated rings. The zero-order valence-electron chi connectivity index (χ0n) is 11.1. The van der Waals surface area contributed by atoms with E-state index < -0.39 is 0 Å². The lowest BCUT2D eigenvalue weighted by Gasteiger charge is -2.29. The SMILES string of the molecule is CC(C)(N)Cc1ccc(N2CCNC(=O)C2)cc1. The number of carbonyl (C=O) groups excluding carboxylic acids is 1. The van der Waals surface area contributed by atoms with Gasteiger partial charge in [0.1, 0.15) is 0 Å². The molecule has 0 spiro atoms. The van der Waals surface area contributed by atoms with Crippen LogP contribution in [-0.4, -0.2) is 31.1 Å². The number of hydrogen-bond acceptors (Lipinski definition) is 3. The van der Waals surface area contributed by atoms with Gasteiger partial charge in [0.25, 0.3) is 0 Å². The summed E-state index contributed by atoms with van der Waals surface area (Å²) >= 11 is 0. The number of hydrogen-bond donors (Lipinski definition) is 2. The minimum Gasteiger partial charge on any atom is -0.360 e. The van der Waals surface area contributed by atoms with Gasteiger partial charge >= 0.3 is 0 Å². The maximum atomic E-state index is 11.3. The zero-order valence-corrected chi connectivity index (χ0v) is 11.1. The minimum atomic E-state index is -0.188. The Bertz CT molecular complexity index is 420. The van der Waals surface area contributed by atoms with E-state index in [1.54, 1.807) is 0 Å². The summed E-state index contributed by atoms with van der Waals surface area (Å²) in [7, 11) is 0. The van der Waals surface area contributed by atoms with Gasteiger partial charge in [-0.05, 0) is 38.0 Å². The Hall–Kier alpha value is -1.55. The van der Waals surface area contributed by atoms with E-state index in [1.807, 2.05) is 13.8 Å². The van der Waals surface area contributed by atoms with E-state index in [4.69, 9.17) is 5.73 Å². The Labute approximate surface area is 108 Å². The molecule has 2 rings (SSSR count). The van der Waals surface area contributed by atoms with E-state index in [9.17, 15) is 4.79 Å². The fourth-order valence-corrected chi connectivity index (χ4v) is 2.21. The Morgan fingerprint density at radius 2 is 2.00 bits per heavy atom. The minimum absolute atomic E-state index is 0.0911. The van der Waals surface area contributed by atoms with Gasteiger partial charge in [0.2, 0.25) is 5.91 Å². The average Bonchev–Trinajstić information content (AvgIpc) is 2.28. The van der Waals surface area contributed by atoms with E-state index >= 15 is 0 Å². The van der Waals surface area contributed by atoms with Crippen molar-refractivity contribution >= 4 is 11.6 Å². The van der Waals surface area contributed by atoms with Crippen LogP contribution in [0.3, 0.4) is 0 Å². The molecule has 1 aliphatic heterocycles. The number of rotatable bonds is 3. The first-order valence-corrected chi connectivity index (χ1v) is 6.33. The van der Waals surface area contributed by atoms with Gasteiger partial charge in [0.05, 0.1) is 6.54 Å². The monoisotopic (exact) mass is 247 g/mol. The first-order chi connectivity index (χ1) is 8.44. The van der Waals surface area contributed by atoms with E-state index in [-0.39, 0.29) is 11.4 Å². The summed E-state index contributed by atoms with van der Waals surface area (Å²) in [5.74, 6) is 0.0911. The molecule has 1 heterocycles. The number of piperazine rings is 1. The average molecular weight is 247 g/mol. The molecule has 1 aliphatic rings. The molecule has 1 aromatic rings. The molecule has 4 heteroatoms. The van der Waals surface area contributed by atoms with E-state index in [0.717, 1.165) is 25.2 Å². The lowest BCUT2D eigenvalue weighted by Crippen LogP contribution is -2.47. The van der Waals surface area contributed by atoms with Crippen molar-refractivity contribution < 1.29 is 4.79 Å². The van der Waals surface area contributed by atoms with Gasteiger partial charge in [-0.2, -0.15) is 0 Å². The normalized spacial score (nSPS) is 16.6. The first kappa shape index (κ1) is 12.9. The second-order valence-corrected chi connectivity index (χ2v) is 5.60. The molecule has 18 heavy (non-hydrogen) atoms. The summed E-state index contributed by atoms with van der Waals surface area (Å²) in [6, 6.07) is 8.33. The van der Waals surface area contributed by atoms with Crippen molar-refractivity contribution in [3.8, 4) is 0 Å². The van der Waals surface area contributed by atoms with E-state index in [2.05, 4.69) is 34.5 Å². The lowest BCUT2D eigenvalue weighted by atomic mass is 9.96. The van der Waals surface area contributed by atoms with Crippen LogP contribution in [0.5, 0.6) is 0 Å². The Kier molecular flexibility index (Phi) is 3.57. The molecule has 1 amide bonds. The topological polar surface area (TPSA) is 58.4 Å². The highest BCUT2D eigenvalue weighted by molar-refractivity contribution is 5.82. The van der Waals surface area contributed by atoms with Gasteiger partial charge in [-0.1, -0.05) is 12.1 Å². The summed E-state index contributed by atoms with van der Waals surface area (Å²) in [6.07, 6.45) is 0.855. The second kappa shape index (κ2) is 4.98. The highest BCUT2D eigenvalue weighted by Crippen LogP contribution is 2.18. The quantitative estimate of drug-likeness (QED) is 0.834. The van der Waals surface area contributed by atoms with Crippen LogP contribution >= 0.6 is 0 Å². The maximum absolute atomic E-state index is 11.3. The number of nitrogens with zero attached hydrogens (tertiary/aromatic N) is 1. The highest BCUT2D eigenvalue weighted by atomic mass is 16.2. The van der Waals surface area contributed by atoms with Crippen LogP contribution in [0, 0.1) is 0 Å². The molecule has 3 N–H and O–H groups in total. The van der Waals surface area contributed by atoms with Crippen LogP contribution in [-0.2, 0) is 11.2 Å². The summed E-state index contributed by atoms with van der Waals surface area (Å²) < 4.78 is 0. The fourth-order valence-electron chi connectivity index (χ4n) is 2.21. The van der Waals surface area contributed by atoms with Crippen molar-refractivity contribution in [3.05, 3.63) is 29.8 Å². The van der Waals surface area contributed by atoms with Crippen LogP contribution < -0.4 is 16.0 Å². The molecule has 0 saturated carbocycles. The third-order valence-corrected chi connectivity index (χ3v) is 3.00. The third-order valence-electron chi connectivity index (χ3n) is 3.00. The van der Waals surface area contributed by atoms with Crippen LogP contribution in [0.25, 0.3) is 0 Å². The molecule has 0 aliphatic carbocycles. The molecular weight excluding hydrogens is 226 g/mol. The molecule has 0 radical (unpaired) electrons. The predicted molar refractivity (Wildman–Crippen MR) is 73.6 cm³/mol. The number of nitrogens with one attached hydrogen (secondary N) is 1. The largest absolute Gasteiger partial charge is 0.360 e. The molecule has 4 nitrogen and oxygen atoms in total. The highest BCUT2D eigenvalue weighted by Gasteiger charge is 2.17. The van der Waals surface area contributed by atoms with Crippen molar-refractivity contribution in [1.29, 1.82) is 0 Å². The summed E-state index contributed by atoms with van der Waals surface area (Å²) in [6.45, 7) is 6.08. The van der Waals surface area contributed by atoms with E-state index in [1.165, 1.54) is 5.56 Å². The number of carbonyl (C=O) groups is 1. The van der Waals surface area contributed by atoms with Crippen LogP contribution in [0.1, 0.15) is 19.4 Å². The standard InChI is InChI=1S/C14H21N3O/c1-14(2,15)9-11-3-5-12(6-4-11)17-8-7-16-13(18)10-17/h3-6H,7-10,15H2,1-2H3,(H,16,18). The summed E-state index contributed by atoms with van der Waals surface area (Å²) in [5, 5.41) is 2.83. The van der Waals surface area contributed by atoms with Crippen LogP contribution in [0.2, 0.25) is 0 Å². The molecule has 98 valence electrons. The fraction of sp³-hybridized carbons (Fsp3) is 0.500. The Balaban J connectivity index is 2.05. The Morgan fingerprint density at radius 1 is 1.33 bits per heavy atom. The lowest BCUT2D eigenvalue weighted by molar-refractivity contribution is -0.120. The van der Waals surface area contributed by atoms with Crippen molar-refractivity contribution in [2.75, 3.05) is 24.5 Å². The molecule has 1 saturated heterocycles. The maximum Gasteiger partial charge on any atom is 0.239 e. The van der Waals surface area contributed by atoms with Gasteiger partial charge in [-0.25, -0.2) is 0 Å². The Morgan fingerprint density at radius 3 is 2.56 bits per heavy atom. The molecule has 0 bridgehead atoms. The van der Waals surface area contributed by atoms with Gasteiger partial charge in [-0.3, -0.25) is 4.79 Å². The number of nitrogens with two attached hydrogens (primary N) is 1. The first-order valence-electron chi connectivity index (χ1n) is 6.33. The van der Waals surface area contributed by atoms with Gasteiger partial charge in [-0.15, -0.1) is 0 Å². The van der Waals surface area contributed by atoms with Gasteiger partial charge in [0, 0.05) is 24.3 Å². The van der Waals surface area contributed by atoms with Crippen LogP contribution in [0.15, 0.2) is 24.3 Å². The third kappa shape index (κ3) is 3.47. The summed E-state index contributed by atoms with van der Waals surface area (Å²) in [4.78, 5) is 13.4. The molecular formula is C14H21N3O. The molecule has 0 atom stereocenters. The van der Waals surface area contributed by atoms with Gasteiger partial charge in [0.15, 0.2) is 0 Å². The second-order valence-electron chi connectivity index (χ2n) is 5.60. The molecule has 0 unspecified atom stereocenters. The van der Waals surface area contributed by atoms with Crippen molar-refractivity contribution in [3.63, 3.8) is 0 Å². The van der Waals surface area contributed by atoms with Crippen molar-refractivity contribution in [2.24, 2.45) is 5.73 Å². The zero-order chi connectivity index (χ0) is 13.2. The summed E-state index contributed by atoms with van der Waals surface area (Å²) in [5.41, 5.74) is 8.14. The number of benzene rings is 1. The number of amides is 1. The number of anilines is 1. The van der Waals surface area contributed by atoms with Crippen LogP contribution in [0.4, 0.5) is 5.69 Å². The molecule has 0 aromatic heterocycles. The van der Waals surface area contributed by atoms with E-state index in [0.29, 0.717) is 6.54 Å². The van der Waals surface area contributed by atoms with Crippen molar-refractivity contribution in [2.45, 2.75) is 25.8 Å².